The Labute approximate surface area is 132 Å². The Morgan fingerprint density at radius 2 is 2.00 bits per heavy atom. The molecule has 0 aliphatic rings. The number of benzene rings is 2. The maximum absolute atomic E-state index is 13.8. The minimum atomic E-state index is -0.275. The molecule has 0 atom stereocenters. The maximum atomic E-state index is 13.8. The molecule has 3 rings (SSSR count). The number of nitrogens with one attached hydrogen (secondary N) is 1. The summed E-state index contributed by atoms with van der Waals surface area (Å²) in [5.41, 5.74) is 2.20. The van der Waals surface area contributed by atoms with Crippen LogP contribution in [0.5, 0.6) is 0 Å². The summed E-state index contributed by atoms with van der Waals surface area (Å²) in [5.74, 6) is -0.275. The molecule has 0 aliphatic heterocycles. The number of hydrogen-bond acceptors (Lipinski definition) is 1. The highest BCUT2D eigenvalue weighted by atomic mass is 127. The van der Waals surface area contributed by atoms with E-state index in [1.807, 2.05) is 40.8 Å². The molecule has 96 valence electrons. The van der Waals surface area contributed by atoms with Gasteiger partial charge in [-0.05, 0) is 53.0 Å². The van der Waals surface area contributed by atoms with Crippen LogP contribution >= 0.6 is 46.4 Å². The van der Waals surface area contributed by atoms with Gasteiger partial charge in [-0.15, -0.1) is 0 Å². The fraction of sp³-hybridized carbons (Fsp3) is 0. The van der Waals surface area contributed by atoms with Crippen LogP contribution in [-0.4, -0.2) is 9.55 Å². The summed E-state index contributed by atoms with van der Waals surface area (Å²) in [4.78, 5) is 3.07. The Morgan fingerprint density at radius 1 is 1.26 bits per heavy atom. The highest BCUT2D eigenvalue weighted by Crippen LogP contribution is 2.27. The lowest BCUT2D eigenvalue weighted by molar-refractivity contribution is 0.622. The molecule has 0 fully saturated rings. The second kappa shape index (κ2) is 4.88. The number of imidazole rings is 1. The first-order valence-electron chi connectivity index (χ1n) is 5.42. The van der Waals surface area contributed by atoms with Gasteiger partial charge in [-0.1, -0.05) is 23.7 Å². The Hall–Kier alpha value is -0.920. The highest BCUT2D eigenvalue weighted by molar-refractivity contribution is 14.1. The lowest BCUT2D eigenvalue weighted by Gasteiger charge is -2.06. The number of H-pyrrole nitrogens is 1. The average molecular weight is 405 g/mol. The number of rotatable bonds is 1. The zero-order valence-electron chi connectivity index (χ0n) is 9.45. The van der Waals surface area contributed by atoms with Crippen LogP contribution in [0.4, 0.5) is 4.39 Å². The molecule has 19 heavy (non-hydrogen) atoms. The van der Waals surface area contributed by atoms with E-state index in [0.717, 1.165) is 11.2 Å². The van der Waals surface area contributed by atoms with Gasteiger partial charge >= 0.3 is 0 Å². The number of nitrogens with zero attached hydrogens (tertiary/aromatic N) is 1. The minimum absolute atomic E-state index is 0.275. The average Bonchev–Trinajstić information content (AvgIpc) is 2.66. The van der Waals surface area contributed by atoms with Crippen molar-refractivity contribution in [3.05, 3.63) is 55.6 Å². The van der Waals surface area contributed by atoms with E-state index in [4.69, 9.17) is 23.8 Å². The van der Waals surface area contributed by atoms with Crippen molar-refractivity contribution in [1.82, 2.24) is 9.55 Å². The molecule has 1 N–H and O–H groups in total. The van der Waals surface area contributed by atoms with Gasteiger partial charge in [-0.2, -0.15) is 0 Å². The molecule has 0 saturated heterocycles. The van der Waals surface area contributed by atoms with E-state index in [9.17, 15) is 4.39 Å². The van der Waals surface area contributed by atoms with Crippen molar-refractivity contribution in [3.63, 3.8) is 0 Å². The number of aromatic nitrogens is 2. The third-order valence-corrected chi connectivity index (χ3v) is 4.25. The second-order valence-corrected chi connectivity index (χ2v) is 5.96. The summed E-state index contributed by atoms with van der Waals surface area (Å²) in [6.07, 6.45) is 0. The van der Waals surface area contributed by atoms with Crippen LogP contribution < -0.4 is 0 Å². The number of halogens is 3. The molecule has 0 amide bonds. The van der Waals surface area contributed by atoms with Gasteiger partial charge in [0.25, 0.3) is 0 Å². The first-order valence-corrected chi connectivity index (χ1v) is 7.29. The smallest absolute Gasteiger partial charge is 0.182 e. The van der Waals surface area contributed by atoms with Crippen molar-refractivity contribution in [1.29, 1.82) is 0 Å². The van der Waals surface area contributed by atoms with Crippen LogP contribution in [0.25, 0.3) is 16.7 Å². The summed E-state index contributed by atoms with van der Waals surface area (Å²) in [7, 11) is 0. The Balaban J connectivity index is 2.42. The van der Waals surface area contributed by atoms with Crippen molar-refractivity contribution in [2.24, 2.45) is 0 Å². The zero-order valence-corrected chi connectivity index (χ0v) is 13.2. The number of hydrogen-bond donors (Lipinski definition) is 1. The fourth-order valence-electron chi connectivity index (χ4n) is 1.97. The summed E-state index contributed by atoms with van der Waals surface area (Å²) in [6, 6.07) is 10.5. The SMILES string of the molecule is Fc1cc2c(cc1I)[nH]c(=S)n2-c1ccccc1Cl. The molecule has 6 heteroatoms. The van der Waals surface area contributed by atoms with Crippen LogP contribution in [0, 0.1) is 14.2 Å². The van der Waals surface area contributed by atoms with Gasteiger partial charge in [0.2, 0.25) is 0 Å². The molecule has 3 aromatic rings. The first kappa shape index (κ1) is 13.1. The van der Waals surface area contributed by atoms with E-state index in [2.05, 4.69) is 4.98 Å². The monoisotopic (exact) mass is 404 g/mol. The second-order valence-electron chi connectivity index (χ2n) is 4.00. The molecule has 1 heterocycles. The topological polar surface area (TPSA) is 20.7 Å². The third kappa shape index (κ3) is 2.19. The standard InChI is InChI=1S/C13H7ClFIN2S/c14-7-3-1-2-4-11(7)18-12-5-8(15)9(16)6-10(12)17-13(18)19/h1-6H,(H,17,19). The Kier molecular flexibility index (Phi) is 3.36. The molecule has 0 aliphatic carbocycles. The molecule has 1 aromatic heterocycles. The van der Waals surface area contributed by atoms with Gasteiger partial charge in [-0.25, -0.2) is 4.39 Å². The number of para-hydroxylation sites is 1. The van der Waals surface area contributed by atoms with Crippen LogP contribution in [0.1, 0.15) is 0 Å². The van der Waals surface area contributed by atoms with Crippen molar-refractivity contribution < 1.29 is 4.39 Å². The lowest BCUT2D eigenvalue weighted by Crippen LogP contribution is -1.95. The summed E-state index contributed by atoms with van der Waals surface area (Å²) < 4.78 is 16.5. The summed E-state index contributed by atoms with van der Waals surface area (Å²) >= 11 is 13.4. The minimum Gasteiger partial charge on any atom is -0.330 e. The molecule has 2 aromatic carbocycles. The van der Waals surface area contributed by atoms with Crippen LogP contribution in [-0.2, 0) is 0 Å². The molecule has 0 bridgehead atoms. The largest absolute Gasteiger partial charge is 0.330 e. The molecule has 0 saturated carbocycles. The van der Waals surface area contributed by atoms with E-state index in [1.54, 1.807) is 16.7 Å². The van der Waals surface area contributed by atoms with E-state index in [-0.39, 0.29) is 5.82 Å². The van der Waals surface area contributed by atoms with E-state index in [1.165, 1.54) is 6.07 Å². The first-order chi connectivity index (χ1) is 9.08. The Bertz CT molecular complexity index is 840. The molecular weight excluding hydrogens is 398 g/mol. The van der Waals surface area contributed by atoms with Crippen LogP contribution in [0.15, 0.2) is 36.4 Å². The quantitative estimate of drug-likeness (QED) is 0.443. The van der Waals surface area contributed by atoms with Crippen molar-refractivity contribution in [3.8, 4) is 5.69 Å². The van der Waals surface area contributed by atoms with Gasteiger partial charge in [0.1, 0.15) is 5.82 Å². The zero-order chi connectivity index (χ0) is 13.6. The highest BCUT2D eigenvalue weighted by Gasteiger charge is 2.11. The van der Waals surface area contributed by atoms with Gasteiger partial charge in [-0.3, -0.25) is 4.57 Å². The normalized spacial score (nSPS) is 11.1. The molecular formula is C13H7ClFIN2S. The lowest BCUT2D eigenvalue weighted by atomic mass is 10.2. The molecule has 0 radical (unpaired) electrons. The van der Waals surface area contributed by atoms with Crippen molar-refractivity contribution in [2.45, 2.75) is 0 Å². The summed E-state index contributed by atoms with van der Waals surface area (Å²) in [6.45, 7) is 0. The molecule has 0 unspecified atom stereocenters. The summed E-state index contributed by atoms with van der Waals surface area (Å²) in [5, 5.41) is 0.568. The van der Waals surface area contributed by atoms with Gasteiger partial charge in [0, 0.05) is 6.07 Å². The van der Waals surface area contributed by atoms with E-state index < -0.39 is 0 Å². The van der Waals surface area contributed by atoms with Gasteiger partial charge < -0.3 is 4.98 Å². The van der Waals surface area contributed by atoms with Crippen molar-refractivity contribution >= 4 is 57.4 Å². The van der Waals surface area contributed by atoms with Crippen LogP contribution in [0.3, 0.4) is 0 Å². The van der Waals surface area contributed by atoms with E-state index >= 15 is 0 Å². The third-order valence-electron chi connectivity index (χ3n) is 2.82. The maximum Gasteiger partial charge on any atom is 0.182 e. The van der Waals surface area contributed by atoms with Gasteiger partial charge in [0.05, 0.1) is 25.3 Å². The van der Waals surface area contributed by atoms with Gasteiger partial charge in [0.15, 0.2) is 4.77 Å². The fourth-order valence-corrected chi connectivity index (χ4v) is 2.97. The predicted molar refractivity (Wildman–Crippen MR) is 86.1 cm³/mol. The molecule has 2 nitrogen and oxygen atoms in total. The Morgan fingerprint density at radius 3 is 2.74 bits per heavy atom. The van der Waals surface area contributed by atoms with Crippen molar-refractivity contribution in [2.75, 3.05) is 0 Å². The number of fused-ring (bicyclic) bond motifs is 1. The molecule has 0 spiro atoms. The van der Waals surface area contributed by atoms with Crippen LogP contribution in [0.2, 0.25) is 5.02 Å². The number of aromatic amines is 1. The van der Waals surface area contributed by atoms with E-state index in [0.29, 0.717) is 18.9 Å². The predicted octanol–water partition coefficient (Wildman–Crippen LogP) is 5.09.